The van der Waals surface area contributed by atoms with Crippen molar-refractivity contribution in [3.8, 4) is 5.75 Å². The van der Waals surface area contributed by atoms with Crippen molar-refractivity contribution in [2.24, 2.45) is 5.16 Å². The number of amides is 1. The average molecular weight is 297 g/mol. The third-order valence-electron chi connectivity index (χ3n) is 3.29. The summed E-state index contributed by atoms with van der Waals surface area (Å²) in [6.07, 6.45) is 3.00. The van der Waals surface area contributed by atoms with Gasteiger partial charge in [0.25, 0.3) is 5.91 Å². The predicted molar refractivity (Wildman–Crippen MR) is 81.9 cm³/mol. The van der Waals surface area contributed by atoms with E-state index in [2.05, 4.69) is 15.5 Å². The van der Waals surface area contributed by atoms with Gasteiger partial charge in [-0.25, -0.2) is 0 Å². The summed E-state index contributed by atoms with van der Waals surface area (Å²) in [5, 5.41) is 6.76. The minimum Gasteiger partial charge on any atom is -0.497 e. The van der Waals surface area contributed by atoms with E-state index in [0.717, 1.165) is 17.0 Å². The summed E-state index contributed by atoms with van der Waals surface area (Å²) in [7, 11) is 1.61. The van der Waals surface area contributed by atoms with E-state index in [0.29, 0.717) is 12.1 Å². The summed E-state index contributed by atoms with van der Waals surface area (Å²) in [5.41, 5.74) is 2.24. The van der Waals surface area contributed by atoms with E-state index in [9.17, 15) is 4.79 Å². The second kappa shape index (κ2) is 6.26. The number of benzene rings is 1. The summed E-state index contributed by atoms with van der Waals surface area (Å²) >= 11 is 0. The van der Waals surface area contributed by atoms with E-state index < -0.39 is 6.10 Å². The Morgan fingerprint density at radius 1 is 1.36 bits per heavy atom. The molecule has 1 aromatic carbocycles. The monoisotopic (exact) mass is 297 g/mol. The van der Waals surface area contributed by atoms with Crippen molar-refractivity contribution in [1.82, 2.24) is 4.98 Å². The van der Waals surface area contributed by atoms with Crippen LogP contribution >= 0.6 is 0 Å². The fourth-order valence-corrected chi connectivity index (χ4v) is 2.15. The zero-order valence-electron chi connectivity index (χ0n) is 12.0. The Balaban J connectivity index is 1.65. The molecule has 0 aliphatic carbocycles. The number of rotatable bonds is 4. The molecule has 1 aromatic heterocycles. The number of methoxy groups -OCH3 is 1. The average Bonchev–Trinajstić information content (AvgIpc) is 3.06. The van der Waals surface area contributed by atoms with Crippen LogP contribution in [0.4, 0.5) is 5.69 Å². The largest absolute Gasteiger partial charge is 0.497 e. The number of aromatic nitrogens is 1. The van der Waals surface area contributed by atoms with Crippen molar-refractivity contribution in [3.05, 3.63) is 54.4 Å². The SMILES string of the molecule is COc1cccc(C2=NO[C@H](C(=O)Nc3cccnc3)C2)c1. The fraction of sp³-hybridized carbons (Fsp3) is 0.188. The maximum absolute atomic E-state index is 12.2. The number of carbonyl (C=O) groups is 1. The fourth-order valence-electron chi connectivity index (χ4n) is 2.15. The number of anilines is 1. The maximum atomic E-state index is 12.2. The number of oxime groups is 1. The number of nitrogens with one attached hydrogen (secondary N) is 1. The van der Waals surface area contributed by atoms with Gasteiger partial charge in [0.1, 0.15) is 5.75 Å². The molecule has 0 radical (unpaired) electrons. The van der Waals surface area contributed by atoms with Crippen LogP contribution in [0.3, 0.4) is 0 Å². The van der Waals surface area contributed by atoms with Crippen molar-refractivity contribution < 1.29 is 14.4 Å². The summed E-state index contributed by atoms with van der Waals surface area (Å²) in [6, 6.07) is 11.0. The highest BCUT2D eigenvalue weighted by molar-refractivity contribution is 6.06. The van der Waals surface area contributed by atoms with Gasteiger partial charge in [0.2, 0.25) is 6.10 Å². The van der Waals surface area contributed by atoms with Crippen LogP contribution in [-0.4, -0.2) is 29.8 Å². The van der Waals surface area contributed by atoms with E-state index in [1.54, 1.807) is 31.6 Å². The highest BCUT2D eigenvalue weighted by atomic mass is 16.6. The molecule has 1 aliphatic heterocycles. The number of pyridine rings is 1. The highest BCUT2D eigenvalue weighted by Gasteiger charge is 2.29. The Morgan fingerprint density at radius 2 is 2.27 bits per heavy atom. The van der Waals surface area contributed by atoms with Gasteiger partial charge in [-0.2, -0.15) is 0 Å². The molecule has 112 valence electrons. The molecule has 22 heavy (non-hydrogen) atoms. The first kappa shape index (κ1) is 14.1. The second-order valence-electron chi connectivity index (χ2n) is 4.80. The molecular formula is C16H15N3O3. The third kappa shape index (κ3) is 3.06. The van der Waals surface area contributed by atoms with Crippen molar-refractivity contribution in [2.45, 2.75) is 12.5 Å². The first-order chi connectivity index (χ1) is 10.8. The van der Waals surface area contributed by atoms with Crippen molar-refractivity contribution in [3.63, 3.8) is 0 Å². The molecule has 0 spiro atoms. The lowest BCUT2D eigenvalue weighted by atomic mass is 10.0. The van der Waals surface area contributed by atoms with Gasteiger partial charge in [-0.3, -0.25) is 9.78 Å². The summed E-state index contributed by atoms with van der Waals surface area (Å²) in [6.45, 7) is 0. The lowest BCUT2D eigenvalue weighted by molar-refractivity contribution is -0.125. The van der Waals surface area contributed by atoms with Gasteiger partial charge in [0.15, 0.2) is 0 Å². The van der Waals surface area contributed by atoms with Gasteiger partial charge in [0, 0.05) is 18.2 Å². The molecule has 6 heteroatoms. The quantitative estimate of drug-likeness (QED) is 0.939. The summed E-state index contributed by atoms with van der Waals surface area (Å²) in [5.74, 6) is 0.498. The molecule has 1 N–H and O–H groups in total. The second-order valence-corrected chi connectivity index (χ2v) is 4.80. The predicted octanol–water partition coefficient (Wildman–Crippen LogP) is 2.22. The van der Waals surface area contributed by atoms with Gasteiger partial charge in [-0.05, 0) is 24.3 Å². The van der Waals surface area contributed by atoms with Gasteiger partial charge >= 0.3 is 0 Å². The number of nitrogens with zero attached hydrogens (tertiary/aromatic N) is 2. The van der Waals surface area contributed by atoms with Crippen LogP contribution in [-0.2, 0) is 9.63 Å². The summed E-state index contributed by atoms with van der Waals surface area (Å²) in [4.78, 5) is 21.3. The number of hydrogen-bond donors (Lipinski definition) is 1. The molecule has 0 unspecified atom stereocenters. The first-order valence-electron chi connectivity index (χ1n) is 6.84. The molecule has 1 amide bonds. The van der Waals surface area contributed by atoms with Gasteiger partial charge in [0.05, 0.1) is 24.7 Å². The molecule has 0 saturated carbocycles. The third-order valence-corrected chi connectivity index (χ3v) is 3.29. The van der Waals surface area contributed by atoms with E-state index in [4.69, 9.17) is 9.57 Å². The van der Waals surface area contributed by atoms with Crippen LogP contribution in [0.15, 0.2) is 53.9 Å². The number of carbonyl (C=O) groups excluding carboxylic acids is 1. The molecule has 6 nitrogen and oxygen atoms in total. The van der Waals surface area contributed by atoms with Gasteiger partial charge < -0.3 is 14.9 Å². The standard InChI is InChI=1S/C16H15N3O3/c1-21-13-6-2-4-11(8-13)14-9-15(22-19-14)16(20)18-12-5-3-7-17-10-12/h2-8,10,15H,9H2,1H3,(H,18,20)/t15-/m0/s1. The van der Waals surface area contributed by atoms with Crippen LogP contribution in [0.5, 0.6) is 5.75 Å². The molecule has 0 saturated heterocycles. The Morgan fingerprint density at radius 3 is 3.05 bits per heavy atom. The maximum Gasteiger partial charge on any atom is 0.268 e. The van der Waals surface area contributed by atoms with Crippen LogP contribution in [0.25, 0.3) is 0 Å². The lowest BCUT2D eigenvalue weighted by Crippen LogP contribution is -2.28. The Bertz CT molecular complexity index is 701. The minimum atomic E-state index is -0.638. The molecule has 1 aliphatic rings. The van der Waals surface area contributed by atoms with Gasteiger partial charge in [-0.1, -0.05) is 17.3 Å². The lowest BCUT2D eigenvalue weighted by Gasteiger charge is -2.09. The van der Waals surface area contributed by atoms with Crippen LogP contribution in [0, 0.1) is 0 Å². The molecular weight excluding hydrogens is 282 g/mol. The minimum absolute atomic E-state index is 0.241. The molecule has 2 aromatic rings. The highest BCUT2D eigenvalue weighted by Crippen LogP contribution is 2.21. The van der Waals surface area contributed by atoms with E-state index in [1.807, 2.05) is 24.3 Å². The van der Waals surface area contributed by atoms with Crippen molar-refractivity contribution >= 4 is 17.3 Å². The topological polar surface area (TPSA) is 72.8 Å². The Kier molecular flexibility index (Phi) is 4.00. The molecule has 3 rings (SSSR count). The van der Waals surface area contributed by atoms with Crippen molar-refractivity contribution in [2.75, 3.05) is 12.4 Å². The van der Waals surface area contributed by atoms with E-state index in [1.165, 1.54) is 0 Å². The summed E-state index contributed by atoms with van der Waals surface area (Å²) < 4.78 is 5.19. The van der Waals surface area contributed by atoms with Crippen LogP contribution in [0.2, 0.25) is 0 Å². The normalized spacial score (nSPS) is 16.6. The molecule has 2 heterocycles. The Labute approximate surface area is 127 Å². The van der Waals surface area contributed by atoms with Crippen LogP contribution in [0.1, 0.15) is 12.0 Å². The number of hydrogen-bond acceptors (Lipinski definition) is 5. The molecule has 1 atom stereocenters. The van der Waals surface area contributed by atoms with E-state index >= 15 is 0 Å². The van der Waals surface area contributed by atoms with Crippen LogP contribution < -0.4 is 10.1 Å². The molecule has 0 fully saturated rings. The molecule has 0 bridgehead atoms. The van der Waals surface area contributed by atoms with Gasteiger partial charge in [-0.15, -0.1) is 0 Å². The number of ether oxygens (including phenoxy) is 1. The smallest absolute Gasteiger partial charge is 0.268 e. The van der Waals surface area contributed by atoms with E-state index in [-0.39, 0.29) is 5.91 Å². The zero-order valence-corrected chi connectivity index (χ0v) is 12.0. The van der Waals surface area contributed by atoms with Crippen molar-refractivity contribution in [1.29, 1.82) is 0 Å². The zero-order chi connectivity index (χ0) is 15.4. The first-order valence-corrected chi connectivity index (χ1v) is 6.84. The Hall–Kier alpha value is -2.89.